The Morgan fingerprint density at radius 2 is 1.75 bits per heavy atom. The van der Waals surface area contributed by atoms with Crippen LogP contribution in [0.15, 0.2) is 47.4 Å². The van der Waals surface area contributed by atoms with Crippen LogP contribution in [0.25, 0.3) is 0 Å². The van der Waals surface area contributed by atoms with Crippen LogP contribution in [0.5, 0.6) is 0 Å². The number of benzene rings is 2. The second-order valence-corrected chi connectivity index (χ2v) is 9.03. The standard InChI is InChI=1S/C20H22ClFN2O3S/c21-18-7-4-8-19(22)17(18)13-20(25)23-14-9-11-16(12-10-14)28(26,27)24-15-5-2-1-3-6-15/h4,7-12,15,24H,1-3,5-6,13H2,(H,23,25). The Kier molecular flexibility index (Phi) is 6.69. The lowest BCUT2D eigenvalue weighted by Crippen LogP contribution is -2.36. The summed E-state index contributed by atoms with van der Waals surface area (Å²) in [4.78, 5) is 12.3. The molecule has 1 aliphatic carbocycles. The van der Waals surface area contributed by atoms with Crippen molar-refractivity contribution >= 4 is 33.2 Å². The number of nitrogens with one attached hydrogen (secondary N) is 2. The molecule has 0 radical (unpaired) electrons. The van der Waals surface area contributed by atoms with E-state index >= 15 is 0 Å². The summed E-state index contributed by atoms with van der Waals surface area (Å²) < 4.78 is 41.5. The van der Waals surface area contributed by atoms with Gasteiger partial charge in [-0.2, -0.15) is 0 Å². The zero-order valence-electron chi connectivity index (χ0n) is 15.3. The van der Waals surface area contributed by atoms with Gasteiger partial charge in [0.15, 0.2) is 0 Å². The molecule has 28 heavy (non-hydrogen) atoms. The summed E-state index contributed by atoms with van der Waals surface area (Å²) >= 11 is 5.93. The number of halogens is 2. The van der Waals surface area contributed by atoms with Gasteiger partial charge in [0.1, 0.15) is 5.82 Å². The molecule has 0 atom stereocenters. The normalized spacial score (nSPS) is 15.4. The first-order chi connectivity index (χ1) is 13.3. The molecule has 0 unspecified atom stereocenters. The molecule has 0 aromatic heterocycles. The maximum absolute atomic E-state index is 13.8. The van der Waals surface area contributed by atoms with Crippen molar-refractivity contribution in [3.63, 3.8) is 0 Å². The van der Waals surface area contributed by atoms with Gasteiger partial charge in [0, 0.05) is 22.3 Å². The van der Waals surface area contributed by atoms with Crippen LogP contribution in [-0.4, -0.2) is 20.4 Å². The molecule has 0 spiro atoms. The minimum atomic E-state index is -3.59. The highest BCUT2D eigenvalue weighted by Crippen LogP contribution is 2.22. The first-order valence-electron chi connectivity index (χ1n) is 9.20. The Hall–Kier alpha value is -1.96. The van der Waals surface area contributed by atoms with Crippen LogP contribution in [0.3, 0.4) is 0 Å². The highest BCUT2D eigenvalue weighted by atomic mass is 35.5. The molecule has 8 heteroatoms. The minimum absolute atomic E-state index is 0.0244. The van der Waals surface area contributed by atoms with Crippen LogP contribution in [0.2, 0.25) is 5.02 Å². The molecular formula is C20H22ClFN2O3S. The van der Waals surface area contributed by atoms with Crippen molar-refractivity contribution in [2.45, 2.75) is 49.5 Å². The molecule has 0 bridgehead atoms. The fourth-order valence-electron chi connectivity index (χ4n) is 3.29. The number of hydrogen-bond donors (Lipinski definition) is 2. The van der Waals surface area contributed by atoms with Gasteiger partial charge in [-0.05, 0) is 49.2 Å². The van der Waals surface area contributed by atoms with Gasteiger partial charge in [-0.1, -0.05) is 36.9 Å². The molecule has 1 aliphatic rings. The fourth-order valence-corrected chi connectivity index (χ4v) is 4.83. The molecule has 1 fully saturated rings. The van der Waals surface area contributed by atoms with Crippen LogP contribution in [-0.2, 0) is 21.2 Å². The van der Waals surface area contributed by atoms with Gasteiger partial charge < -0.3 is 5.32 Å². The third-order valence-electron chi connectivity index (χ3n) is 4.77. The lowest BCUT2D eigenvalue weighted by Gasteiger charge is -2.22. The van der Waals surface area contributed by atoms with E-state index in [0.717, 1.165) is 32.1 Å². The quantitative estimate of drug-likeness (QED) is 0.727. The zero-order chi connectivity index (χ0) is 20.1. The van der Waals surface area contributed by atoms with Gasteiger partial charge in [0.25, 0.3) is 0 Å². The fraction of sp³-hybridized carbons (Fsp3) is 0.350. The van der Waals surface area contributed by atoms with E-state index in [1.807, 2.05) is 0 Å². The summed E-state index contributed by atoms with van der Waals surface area (Å²) in [6, 6.07) is 10.1. The maximum atomic E-state index is 13.8. The largest absolute Gasteiger partial charge is 0.326 e. The topological polar surface area (TPSA) is 75.3 Å². The van der Waals surface area contributed by atoms with Gasteiger partial charge in [0.05, 0.1) is 11.3 Å². The van der Waals surface area contributed by atoms with E-state index in [0.29, 0.717) is 5.69 Å². The summed E-state index contributed by atoms with van der Waals surface area (Å²) in [6.45, 7) is 0. The Morgan fingerprint density at radius 1 is 1.07 bits per heavy atom. The smallest absolute Gasteiger partial charge is 0.240 e. The van der Waals surface area contributed by atoms with E-state index in [4.69, 9.17) is 11.6 Å². The van der Waals surface area contributed by atoms with Gasteiger partial charge >= 0.3 is 0 Å². The van der Waals surface area contributed by atoms with Crippen molar-refractivity contribution in [1.82, 2.24) is 4.72 Å². The Bertz CT molecular complexity index is 922. The van der Waals surface area contributed by atoms with Crippen LogP contribution >= 0.6 is 11.6 Å². The molecule has 2 N–H and O–H groups in total. The molecule has 0 heterocycles. The zero-order valence-corrected chi connectivity index (χ0v) is 16.8. The van der Waals surface area contributed by atoms with Gasteiger partial charge in [0.2, 0.25) is 15.9 Å². The number of hydrogen-bond acceptors (Lipinski definition) is 3. The molecule has 1 amide bonds. The summed E-state index contributed by atoms with van der Waals surface area (Å²) in [5, 5.41) is 2.81. The van der Waals surface area contributed by atoms with Crippen molar-refractivity contribution < 1.29 is 17.6 Å². The Balaban J connectivity index is 1.63. The minimum Gasteiger partial charge on any atom is -0.326 e. The number of sulfonamides is 1. The number of amides is 1. The molecule has 0 saturated heterocycles. The third kappa shape index (κ3) is 5.31. The first kappa shape index (κ1) is 20.8. The Labute approximate surface area is 169 Å². The molecular weight excluding hydrogens is 403 g/mol. The second-order valence-electron chi connectivity index (χ2n) is 6.91. The predicted octanol–water partition coefficient (Wildman–Crippen LogP) is 4.27. The summed E-state index contributed by atoms with van der Waals surface area (Å²) in [5.74, 6) is -0.985. The maximum Gasteiger partial charge on any atom is 0.240 e. The number of rotatable bonds is 6. The summed E-state index contributed by atoms with van der Waals surface area (Å²) in [7, 11) is -3.59. The first-order valence-corrected chi connectivity index (χ1v) is 11.1. The molecule has 150 valence electrons. The highest BCUT2D eigenvalue weighted by Gasteiger charge is 2.21. The van der Waals surface area contributed by atoms with Gasteiger partial charge in [-0.3, -0.25) is 4.79 Å². The van der Waals surface area contributed by atoms with Crippen molar-refractivity contribution in [3.05, 3.63) is 58.9 Å². The summed E-state index contributed by atoms with van der Waals surface area (Å²) in [6.07, 6.45) is 4.70. The molecule has 5 nitrogen and oxygen atoms in total. The third-order valence-corrected chi connectivity index (χ3v) is 6.66. The monoisotopic (exact) mass is 424 g/mol. The van der Waals surface area contributed by atoms with Crippen LogP contribution in [0, 0.1) is 5.82 Å². The number of carbonyl (C=O) groups excluding carboxylic acids is 1. The molecule has 2 aromatic rings. The predicted molar refractivity (Wildman–Crippen MR) is 107 cm³/mol. The van der Waals surface area contributed by atoms with Gasteiger partial charge in [-0.15, -0.1) is 0 Å². The van der Waals surface area contributed by atoms with Crippen molar-refractivity contribution in [2.24, 2.45) is 0 Å². The van der Waals surface area contributed by atoms with Crippen molar-refractivity contribution in [2.75, 3.05) is 5.32 Å². The SMILES string of the molecule is O=C(Cc1c(F)cccc1Cl)Nc1ccc(S(=O)(=O)NC2CCCCC2)cc1. The van der Waals surface area contributed by atoms with Gasteiger partial charge in [-0.25, -0.2) is 17.5 Å². The number of anilines is 1. The number of carbonyl (C=O) groups is 1. The van der Waals surface area contributed by atoms with E-state index in [2.05, 4.69) is 10.0 Å². The average Bonchev–Trinajstić information content (AvgIpc) is 2.66. The van der Waals surface area contributed by atoms with Crippen molar-refractivity contribution in [1.29, 1.82) is 0 Å². The second kappa shape index (κ2) is 9.03. The van der Waals surface area contributed by atoms with E-state index in [-0.39, 0.29) is 27.9 Å². The van der Waals surface area contributed by atoms with E-state index < -0.39 is 21.7 Å². The average molecular weight is 425 g/mol. The molecule has 1 saturated carbocycles. The van der Waals surface area contributed by atoms with Crippen LogP contribution in [0.4, 0.5) is 10.1 Å². The molecule has 3 rings (SSSR count). The van der Waals surface area contributed by atoms with Crippen LogP contribution < -0.4 is 10.0 Å². The molecule has 0 aliphatic heterocycles. The summed E-state index contributed by atoms with van der Waals surface area (Å²) in [5.41, 5.74) is 0.548. The van der Waals surface area contributed by atoms with E-state index in [1.54, 1.807) is 0 Å². The lowest BCUT2D eigenvalue weighted by atomic mass is 9.96. The highest BCUT2D eigenvalue weighted by molar-refractivity contribution is 7.89. The van der Waals surface area contributed by atoms with Crippen LogP contribution in [0.1, 0.15) is 37.7 Å². The van der Waals surface area contributed by atoms with E-state index in [1.165, 1.54) is 42.5 Å². The lowest BCUT2D eigenvalue weighted by molar-refractivity contribution is -0.115. The molecule has 2 aromatic carbocycles. The Morgan fingerprint density at radius 3 is 2.39 bits per heavy atom. The van der Waals surface area contributed by atoms with E-state index in [9.17, 15) is 17.6 Å². The van der Waals surface area contributed by atoms with Crippen molar-refractivity contribution in [3.8, 4) is 0 Å².